The zero-order valence-corrected chi connectivity index (χ0v) is 9.48. The first-order valence-corrected chi connectivity index (χ1v) is 5.48. The third kappa shape index (κ3) is 1.96. The number of epoxide rings is 1. The Balaban J connectivity index is 1.80. The van der Waals surface area contributed by atoms with Crippen LogP contribution in [0.25, 0.3) is 0 Å². The molecule has 1 aliphatic carbocycles. The van der Waals surface area contributed by atoms with Gasteiger partial charge in [0.1, 0.15) is 18.3 Å². The molecular formula is C11H9N3O5. The first-order valence-electron chi connectivity index (χ1n) is 5.48. The third-order valence-electron chi connectivity index (χ3n) is 2.89. The molecule has 3 rings (SSSR count). The van der Waals surface area contributed by atoms with Crippen LogP contribution in [0.15, 0.2) is 24.2 Å². The lowest BCUT2D eigenvalue weighted by Gasteiger charge is -2.16. The van der Waals surface area contributed by atoms with Crippen molar-refractivity contribution in [3.05, 3.63) is 29.9 Å². The van der Waals surface area contributed by atoms with E-state index in [0.717, 1.165) is 6.08 Å². The van der Waals surface area contributed by atoms with Crippen molar-refractivity contribution in [2.75, 3.05) is 0 Å². The number of nitrogens with zero attached hydrogens (tertiary/aromatic N) is 2. The predicted octanol–water partition coefficient (Wildman–Crippen LogP) is -1.49. The fraction of sp³-hybridized carbons (Fsp3) is 0.273. The van der Waals surface area contributed by atoms with E-state index in [0.29, 0.717) is 0 Å². The summed E-state index contributed by atoms with van der Waals surface area (Å²) in [6.07, 6.45) is 1.29. The Labute approximate surface area is 106 Å². The smallest absolute Gasteiger partial charge is 0.279 e. The Bertz CT molecular complexity index is 600. The summed E-state index contributed by atoms with van der Waals surface area (Å²) in [5.41, 5.74) is -0.263. The lowest BCUT2D eigenvalue weighted by molar-refractivity contribution is -0.116. The van der Waals surface area contributed by atoms with E-state index in [9.17, 15) is 19.8 Å². The molecule has 0 saturated carbocycles. The number of aromatic hydroxyl groups is 1. The van der Waals surface area contributed by atoms with Gasteiger partial charge in [-0.25, -0.2) is 9.97 Å². The first kappa shape index (κ1) is 11.8. The van der Waals surface area contributed by atoms with Crippen molar-refractivity contribution in [3.63, 3.8) is 0 Å². The Kier molecular flexibility index (Phi) is 2.54. The molecule has 1 aromatic heterocycles. The van der Waals surface area contributed by atoms with Crippen LogP contribution >= 0.6 is 0 Å². The number of nitrogens with one attached hydrogen (secondary N) is 1. The van der Waals surface area contributed by atoms with Crippen molar-refractivity contribution >= 4 is 11.7 Å². The molecular weight excluding hydrogens is 254 g/mol. The van der Waals surface area contributed by atoms with Gasteiger partial charge in [0.2, 0.25) is 5.88 Å². The van der Waals surface area contributed by atoms with E-state index in [4.69, 9.17) is 4.74 Å². The fourth-order valence-corrected chi connectivity index (χ4v) is 1.88. The molecule has 1 amide bonds. The van der Waals surface area contributed by atoms with Crippen molar-refractivity contribution < 1.29 is 24.5 Å². The second-order valence-corrected chi connectivity index (χ2v) is 4.15. The fourth-order valence-electron chi connectivity index (χ4n) is 1.88. The van der Waals surface area contributed by atoms with Gasteiger partial charge in [-0.15, -0.1) is 0 Å². The van der Waals surface area contributed by atoms with Gasteiger partial charge in [-0.05, 0) is 0 Å². The molecule has 2 aliphatic rings. The highest BCUT2D eigenvalue weighted by molar-refractivity contribution is 6.00. The van der Waals surface area contributed by atoms with Gasteiger partial charge in [-0.2, -0.15) is 0 Å². The van der Waals surface area contributed by atoms with Crippen molar-refractivity contribution in [2.24, 2.45) is 0 Å². The van der Waals surface area contributed by atoms with Crippen LogP contribution in [0.1, 0.15) is 10.5 Å². The van der Waals surface area contributed by atoms with Crippen LogP contribution in [0.5, 0.6) is 5.88 Å². The number of rotatable bonds is 2. The summed E-state index contributed by atoms with van der Waals surface area (Å²) < 4.78 is 4.96. The molecule has 0 aromatic carbocycles. The number of hydrogen-bond acceptors (Lipinski definition) is 7. The van der Waals surface area contributed by atoms with Crippen molar-refractivity contribution in [2.45, 2.75) is 18.3 Å². The summed E-state index contributed by atoms with van der Waals surface area (Å²) in [7, 11) is 0. The number of hydrogen-bond donors (Lipinski definition) is 3. The summed E-state index contributed by atoms with van der Waals surface area (Å²) in [6.45, 7) is 0. The summed E-state index contributed by atoms with van der Waals surface area (Å²) in [6, 6.07) is 0. The zero-order chi connectivity index (χ0) is 13.6. The lowest BCUT2D eigenvalue weighted by Crippen LogP contribution is -2.37. The predicted molar refractivity (Wildman–Crippen MR) is 58.9 cm³/mol. The van der Waals surface area contributed by atoms with Crippen molar-refractivity contribution in [1.82, 2.24) is 15.3 Å². The lowest BCUT2D eigenvalue weighted by atomic mass is 10.0. The number of ether oxygens (including phenoxy) is 1. The highest BCUT2D eigenvalue weighted by Gasteiger charge is 2.53. The molecule has 2 heterocycles. The van der Waals surface area contributed by atoms with Gasteiger partial charge >= 0.3 is 0 Å². The normalized spacial score (nSPS) is 28.4. The number of fused-ring (bicyclic) bond motifs is 1. The van der Waals surface area contributed by atoms with Gasteiger partial charge in [-0.1, -0.05) is 0 Å². The molecule has 1 aliphatic heterocycles. The van der Waals surface area contributed by atoms with E-state index < -0.39 is 30.1 Å². The number of aliphatic hydroxyl groups is 1. The first-order chi connectivity index (χ1) is 9.08. The van der Waals surface area contributed by atoms with Gasteiger partial charge in [-0.3, -0.25) is 9.59 Å². The van der Waals surface area contributed by atoms with Gasteiger partial charge in [0.15, 0.2) is 11.5 Å². The zero-order valence-electron chi connectivity index (χ0n) is 9.48. The van der Waals surface area contributed by atoms with Crippen molar-refractivity contribution in [3.8, 4) is 5.88 Å². The molecule has 19 heavy (non-hydrogen) atoms. The SMILES string of the molecule is O=C(NC1=CC(=O)C2OC2C1O)c1nccnc1O. The van der Waals surface area contributed by atoms with Crippen molar-refractivity contribution in [1.29, 1.82) is 0 Å². The Morgan fingerprint density at radius 2 is 2.11 bits per heavy atom. The Morgan fingerprint density at radius 1 is 1.37 bits per heavy atom. The van der Waals surface area contributed by atoms with Crippen LogP contribution in [-0.4, -0.2) is 50.2 Å². The average Bonchev–Trinajstić information content (AvgIpc) is 3.17. The van der Waals surface area contributed by atoms with E-state index in [2.05, 4.69) is 15.3 Å². The number of amides is 1. The van der Waals surface area contributed by atoms with Crippen LogP contribution in [-0.2, 0) is 9.53 Å². The molecule has 1 fully saturated rings. The molecule has 0 radical (unpaired) electrons. The summed E-state index contributed by atoms with van der Waals surface area (Å²) in [4.78, 5) is 30.4. The summed E-state index contributed by atoms with van der Waals surface area (Å²) in [5.74, 6) is -1.60. The monoisotopic (exact) mass is 263 g/mol. The van der Waals surface area contributed by atoms with E-state index in [1.807, 2.05) is 0 Å². The van der Waals surface area contributed by atoms with E-state index in [1.165, 1.54) is 12.4 Å². The largest absolute Gasteiger partial charge is 0.492 e. The van der Waals surface area contributed by atoms with Crippen LogP contribution in [0.2, 0.25) is 0 Å². The highest BCUT2D eigenvalue weighted by Crippen LogP contribution is 2.33. The Hall–Kier alpha value is -2.32. The molecule has 0 bridgehead atoms. The number of aliphatic hydroxyl groups excluding tert-OH is 1. The average molecular weight is 263 g/mol. The minimum absolute atomic E-state index is 0.0267. The highest BCUT2D eigenvalue weighted by atomic mass is 16.6. The quantitative estimate of drug-likeness (QED) is 0.555. The molecule has 3 unspecified atom stereocenters. The van der Waals surface area contributed by atoms with Crippen LogP contribution < -0.4 is 5.32 Å². The minimum Gasteiger partial charge on any atom is -0.492 e. The van der Waals surface area contributed by atoms with Crippen LogP contribution in [0.4, 0.5) is 0 Å². The van der Waals surface area contributed by atoms with Crippen LogP contribution in [0, 0.1) is 0 Å². The van der Waals surface area contributed by atoms with Gasteiger partial charge in [0.25, 0.3) is 5.91 Å². The minimum atomic E-state index is -1.08. The Morgan fingerprint density at radius 3 is 2.84 bits per heavy atom. The summed E-state index contributed by atoms with van der Waals surface area (Å²) in [5, 5.41) is 21.5. The van der Waals surface area contributed by atoms with E-state index >= 15 is 0 Å². The van der Waals surface area contributed by atoms with E-state index in [1.54, 1.807) is 0 Å². The number of carbonyl (C=O) groups is 2. The molecule has 8 heteroatoms. The summed E-state index contributed by atoms with van der Waals surface area (Å²) >= 11 is 0. The topological polar surface area (TPSA) is 125 Å². The maximum atomic E-state index is 11.8. The molecule has 98 valence electrons. The number of ketones is 1. The standard InChI is InChI=1S/C11H9N3O5/c15-5-3-4(7(16)9-8(5)19-9)14-11(18)6-10(17)13-2-1-12-6/h1-3,7-9,16H,(H,13,17)(H,14,18). The van der Waals surface area contributed by atoms with Gasteiger partial charge in [0, 0.05) is 18.5 Å². The molecule has 1 saturated heterocycles. The van der Waals surface area contributed by atoms with Gasteiger partial charge in [0.05, 0.1) is 5.70 Å². The second kappa shape index (κ2) is 4.11. The molecule has 3 N–H and O–H groups in total. The number of carbonyl (C=O) groups excluding carboxylic acids is 2. The van der Waals surface area contributed by atoms with E-state index in [-0.39, 0.29) is 17.2 Å². The van der Waals surface area contributed by atoms with Crippen LogP contribution in [0.3, 0.4) is 0 Å². The number of aromatic nitrogens is 2. The van der Waals surface area contributed by atoms with Gasteiger partial charge < -0.3 is 20.3 Å². The third-order valence-corrected chi connectivity index (χ3v) is 2.89. The molecule has 1 aromatic rings. The second-order valence-electron chi connectivity index (χ2n) is 4.15. The molecule has 8 nitrogen and oxygen atoms in total. The maximum Gasteiger partial charge on any atom is 0.279 e. The molecule has 3 atom stereocenters. The molecule has 0 spiro atoms. The maximum absolute atomic E-state index is 11.8.